The highest BCUT2D eigenvalue weighted by Gasteiger charge is 2.37. The minimum absolute atomic E-state index is 0.193. The van der Waals surface area contributed by atoms with Crippen LogP contribution in [0.2, 0.25) is 0 Å². The maximum Gasteiger partial charge on any atom is 0.246 e. The number of nitrogens with two attached hydrogens (primary N) is 2. The third-order valence-electron chi connectivity index (χ3n) is 7.93. The number of anilines is 1. The quantitative estimate of drug-likeness (QED) is 0.256. The number of amides is 3. The second kappa shape index (κ2) is 13.4. The fourth-order valence-corrected chi connectivity index (χ4v) is 5.69. The SMILES string of the molecule is NCCCCC(NC(=O)Cc1cccc2ccccc12)C(=O)Nc1ccc(CC2(C(N)=O)CCCCC2)cc1. The number of carbonyl (C=O) groups excluding carboxylic acids is 3. The molecule has 0 heterocycles. The molecule has 0 aliphatic heterocycles. The van der Waals surface area contributed by atoms with Gasteiger partial charge in [-0.25, -0.2) is 0 Å². The summed E-state index contributed by atoms with van der Waals surface area (Å²) in [7, 11) is 0. The van der Waals surface area contributed by atoms with Crippen LogP contribution in [-0.4, -0.2) is 30.3 Å². The third-order valence-corrected chi connectivity index (χ3v) is 7.93. The lowest BCUT2D eigenvalue weighted by Gasteiger charge is -2.34. The van der Waals surface area contributed by atoms with E-state index in [4.69, 9.17) is 11.5 Å². The predicted molar refractivity (Wildman–Crippen MR) is 156 cm³/mol. The van der Waals surface area contributed by atoms with E-state index in [-0.39, 0.29) is 24.1 Å². The first-order chi connectivity index (χ1) is 18.9. The lowest BCUT2D eigenvalue weighted by Crippen LogP contribution is -2.44. The molecule has 3 aromatic rings. The van der Waals surface area contributed by atoms with Gasteiger partial charge in [0.25, 0.3) is 0 Å². The maximum atomic E-state index is 13.2. The van der Waals surface area contributed by atoms with Crippen LogP contribution in [-0.2, 0) is 27.2 Å². The smallest absolute Gasteiger partial charge is 0.246 e. The van der Waals surface area contributed by atoms with E-state index in [1.165, 1.54) is 0 Å². The van der Waals surface area contributed by atoms with Gasteiger partial charge in [-0.3, -0.25) is 14.4 Å². The van der Waals surface area contributed by atoms with Crippen LogP contribution in [0.4, 0.5) is 5.69 Å². The van der Waals surface area contributed by atoms with Crippen LogP contribution in [0.1, 0.15) is 62.5 Å². The molecular formula is C32H40N4O3. The molecule has 1 saturated carbocycles. The average Bonchev–Trinajstić information content (AvgIpc) is 2.94. The summed E-state index contributed by atoms with van der Waals surface area (Å²) in [6.07, 6.45) is 7.66. The van der Waals surface area contributed by atoms with Crippen LogP contribution in [0.15, 0.2) is 66.7 Å². The Labute approximate surface area is 230 Å². The fraction of sp³-hybridized carbons (Fsp3) is 0.406. The summed E-state index contributed by atoms with van der Waals surface area (Å²) in [6, 6.07) is 20.8. The largest absolute Gasteiger partial charge is 0.369 e. The Morgan fingerprint density at radius 1 is 0.872 bits per heavy atom. The molecule has 0 radical (unpaired) electrons. The standard InChI is InChI=1S/C32H40N4O3/c33-20-7-4-13-28(36-29(37)21-25-11-8-10-24-9-2-3-12-27(24)25)30(38)35-26-16-14-23(15-17-26)22-32(31(34)39)18-5-1-6-19-32/h2-3,8-12,14-17,28H,1,4-7,13,18-22,33H2,(H2,34,39)(H,35,38)(H,36,37). The zero-order valence-corrected chi connectivity index (χ0v) is 22.6. The summed E-state index contributed by atoms with van der Waals surface area (Å²) in [6.45, 7) is 0.534. The molecule has 1 aliphatic carbocycles. The van der Waals surface area contributed by atoms with Crippen LogP contribution in [0.5, 0.6) is 0 Å². The molecular weight excluding hydrogens is 488 g/mol. The van der Waals surface area contributed by atoms with Crippen LogP contribution >= 0.6 is 0 Å². The number of benzene rings is 3. The molecule has 1 aliphatic rings. The first-order valence-corrected chi connectivity index (χ1v) is 14.1. The predicted octanol–water partition coefficient (Wildman–Crippen LogP) is 4.61. The van der Waals surface area contributed by atoms with E-state index in [1.54, 1.807) is 0 Å². The highest BCUT2D eigenvalue weighted by molar-refractivity contribution is 5.98. The van der Waals surface area contributed by atoms with Crippen molar-refractivity contribution in [3.8, 4) is 0 Å². The van der Waals surface area contributed by atoms with Crippen molar-refractivity contribution in [3.63, 3.8) is 0 Å². The zero-order valence-electron chi connectivity index (χ0n) is 22.6. The van der Waals surface area contributed by atoms with Gasteiger partial charge in [0.05, 0.1) is 11.8 Å². The maximum absolute atomic E-state index is 13.2. The lowest BCUT2D eigenvalue weighted by atomic mass is 9.70. The van der Waals surface area contributed by atoms with Gasteiger partial charge in [0, 0.05) is 5.69 Å². The number of primary amides is 1. The van der Waals surface area contributed by atoms with Gasteiger partial charge in [0.2, 0.25) is 17.7 Å². The molecule has 6 N–H and O–H groups in total. The minimum atomic E-state index is -0.668. The number of fused-ring (bicyclic) bond motifs is 1. The monoisotopic (exact) mass is 528 g/mol. The number of rotatable bonds is 12. The Hall–Kier alpha value is -3.71. The van der Waals surface area contributed by atoms with Gasteiger partial charge in [0.1, 0.15) is 6.04 Å². The highest BCUT2D eigenvalue weighted by atomic mass is 16.2. The van der Waals surface area contributed by atoms with Gasteiger partial charge in [-0.1, -0.05) is 73.9 Å². The van der Waals surface area contributed by atoms with Gasteiger partial charge in [0.15, 0.2) is 0 Å². The fourth-order valence-electron chi connectivity index (χ4n) is 5.69. The normalized spacial score (nSPS) is 15.4. The van der Waals surface area contributed by atoms with Crippen molar-refractivity contribution in [1.82, 2.24) is 5.32 Å². The molecule has 4 rings (SSSR count). The molecule has 39 heavy (non-hydrogen) atoms. The number of carbonyl (C=O) groups is 3. The van der Waals surface area contributed by atoms with Crippen LogP contribution in [0.3, 0.4) is 0 Å². The van der Waals surface area contributed by atoms with E-state index in [0.29, 0.717) is 25.1 Å². The van der Waals surface area contributed by atoms with Gasteiger partial charge in [-0.05, 0) is 79.1 Å². The van der Waals surface area contributed by atoms with Gasteiger partial charge >= 0.3 is 0 Å². The van der Waals surface area contributed by atoms with Gasteiger partial charge in [-0.15, -0.1) is 0 Å². The van der Waals surface area contributed by atoms with Gasteiger partial charge in [-0.2, -0.15) is 0 Å². The second-order valence-electron chi connectivity index (χ2n) is 10.8. The van der Waals surface area contributed by atoms with E-state index in [0.717, 1.165) is 66.8 Å². The van der Waals surface area contributed by atoms with E-state index < -0.39 is 11.5 Å². The average molecular weight is 529 g/mol. The van der Waals surface area contributed by atoms with Crippen LogP contribution in [0.25, 0.3) is 10.8 Å². The molecule has 0 aromatic heterocycles. The molecule has 0 saturated heterocycles. The summed E-state index contributed by atoms with van der Waals surface area (Å²) >= 11 is 0. The summed E-state index contributed by atoms with van der Waals surface area (Å²) in [5.74, 6) is -0.676. The van der Waals surface area contributed by atoms with Crippen molar-refractivity contribution >= 4 is 34.2 Å². The van der Waals surface area contributed by atoms with E-state index >= 15 is 0 Å². The van der Waals surface area contributed by atoms with Crippen molar-refractivity contribution in [2.24, 2.45) is 16.9 Å². The molecule has 206 valence electrons. The Bertz CT molecular complexity index is 1280. The number of hydrogen-bond acceptors (Lipinski definition) is 4. The zero-order chi connectivity index (χ0) is 27.7. The number of nitrogens with one attached hydrogen (secondary N) is 2. The first kappa shape index (κ1) is 28.3. The van der Waals surface area contributed by atoms with Crippen LogP contribution < -0.4 is 22.1 Å². The molecule has 3 amide bonds. The molecule has 0 spiro atoms. The topological polar surface area (TPSA) is 127 Å². The highest BCUT2D eigenvalue weighted by Crippen LogP contribution is 2.39. The summed E-state index contributed by atoms with van der Waals surface area (Å²) < 4.78 is 0. The van der Waals surface area contributed by atoms with Crippen molar-refractivity contribution < 1.29 is 14.4 Å². The Kier molecular flexibility index (Phi) is 9.71. The van der Waals surface area contributed by atoms with E-state index in [2.05, 4.69) is 10.6 Å². The second-order valence-corrected chi connectivity index (χ2v) is 10.8. The van der Waals surface area contributed by atoms with E-state index in [9.17, 15) is 14.4 Å². The summed E-state index contributed by atoms with van der Waals surface area (Å²) in [4.78, 5) is 38.5. The van der Waals surface area contributed by atoms with Crippen molar-refractivity contribution in [3.05, 3.63) is 77.9 Å². The molecule has 1 atom stereocenters. The summed E-state index contributed by atoms with van der Waals surface area (Å²) in [5, 5.41) is 8.01. The molecule has 0 bridgehead atoms. The summed E-state index contributed by atoms with van der Waals surface area (Å²) in [5.41, 5.74) is 13.6. The Morgan fingerprint density at radius 2 is 1.59 bits per heavy atom. The third kappa shape index (κ3) is 7.45. The number of unbranched alkanes of at least 4 members (excludes halogenated alkanes) is 1. The van der Waals surface area contributed by atoms with Crippen molar-refractivity contribution in [2.45, 2.75) is 70.3 Å². The number of hydrogen-bond donors (Lipinski definition) is 4. The van der Waals surface area contributed by atoms with Crippen LogP contribution in [0, 0.1) is 5.41 Å². The van der Waals surface area contributed by atoms with E-state index in [1.807, 2.05) is 66.7 Å². The Balaban J connectivity index is 1.40. The molecule has 7 heteroatoms. The molecule has 1 fully saturated rings. The Morgan fingerprint density at radius 3 is 2.31 bits per heavy atom. The molecule has 7 nitrogen and oxygen atoms in total. The van der Waals surface area contributed by atoms with Gasteiger partial charge < -0.3 is 22.1 Å². The molecule has 1 unspecified atom stereocenters. The lowest BCUT2D eigenvalue weighted by molar-refractivity contribution is -0.129. The molecule has 3 aromatic carbocycles. The van der Waals surface area contributed by atoms with Crippen molar-refractivity contribution in [2.75, 3.05) is 11.9 Å². The minimum Gasteiger partial charge on any atom is -0.369 e. The first-order valence-electron chi connectivity index (χ1n) is 14.1. The van der Waals surface area contributed by atoms with Crippen molar-refractivity contribution in [1.29, 1.82) is 0 Å².